The maximum absolute atomic E-state index is 13.4. The number of hydrogen-bond acceptors (Lipinski definition) is 3. The summed E-state index contributed by atoms with van der Waals surface area (Å²) in [5.41, 5.74) is -1.27. The predicted molar refractivity (Wildman–Crippen MR) is 49.8 cm³/mol. The van der Waals surface area contributed by atoms with Crippen LogP contribution in [0.5, 0.6) is 0 Å². The van der Waals surface area contributed by atoms with Crippen molar-refractivity contribution < 1.29 is 22.7 Å². The van der Waals surface area contributed by atoms with Gasteiger partial charge in [-0.2, -0.15) is 0 Å². The number of hydrogen-bond donors (Lipinski definition) is 0. The minimum Gasteiger partial charge on any atom is -0.462 e. The molecule has 0 saturated heterocycles. The number of rotatable bonds is 3. The van der Waals surface area contributed by atoms with Crippen molar-refractivity contribution in [3.05, 3.63) is 28.8 Å². The molecule has 1 rings (SSSR count). The van der Waals surface area contributed by atoms with E-state index in [1.54, 1.807) is 6.92 Å². The Bertz CT molecular complexity index is 407. The van der Waals surface area contributed by atoms with Gasteiger partial charge in [-0.1, -0.05) is 0 Å². The zero-order valence-electron chi connectivity index (χ0n) is 8.76. The minimum atomic E-state index is -3.00. The fraction of sp³-hybridized carbons (Fsp3) is 0.400. The maximum atomic E-state index is 13.4. The summed E-state index contributed by atoms with van der Waals surface area (Å²) in [5.74, 6) is -1.94. The van der Waals surface area contributed by atoms with Gasteiger partial charge in [-0.05, 0) is 13.8 Å². The molecule has 88 valence electrons. The molecule has 0 aromatic carbocycles. The van der Waals surface area contributed by atoms with Gasteiger partial charge < -0.3 is 4.74 Å². The molecule has 0 radical (unpaired) electrons. The first-order chi connectivity index (χ1) is 7.49. The van der Waals surface area contributed by atoms with E-state index in [0.717, 1.165) is 6.20 Å². The molecule has 0 fully saturated rings. The van der Waals surface area contributed by atoms with Crippen molar-refractivity contribution >= 4 is 5.97 Å². The van der Waals surface area contributed by atoms with Gasteiger partial charge in [0.2, 0.25) is 0 Å². The second kappa shape index (κ2) is 4.96. The third-order valence-electron chi connectivity index (χ3n) is 1.99. The van der Waals surface area contributed by atoms with Crippen LogP contribution in [0.15, 0.2) is 6.20 Å². The van der Waals surface area contributed by atoms with Crippen LogP contribution in [0.2, 0.25) is 0 Å². The number of nitrogens with zero attached hydrogens (tertiary/aromatic N) is 1. The largest absolute Gasteiger partial charge is 0.462 e. The van der Waals surface area contributed by atoms with E-state index in [4.69, 9.17) is 0 Å². The van der Waals surface area contributed by atoms with Crippen LogP contribution in [0.3, 0.4) is 0 Å². The minimum absolute atomic E-state index is 0.122. The molecule has 0 aliphatic heterocycles. The van der Waals surface area contributed by atoms with Crippen LogP contribution in [0.25, 0.3) is 0 Å². The first-order valence-electron chi connectivity index (χ1n) is 4.59. The first kappa shape index (κ1) is 12.5. The Morgan fingerprint density at radius 3 is 2.69 bits per heavy atom. The molecule has 0 atom stereocenters. The number of carbonyl (C=O) groups is 1. The Morgan fingerprint density at radius 2 is 2.19 bits per heavy atom. The topological polar surface area (TPSA) is 39.2 Å². The van der Waals surface area contributed by atoms with Crippen LogP contribution in [0, 0.1) is 12.7 Å². The Hall–Kier alpha value is -1.59. The summed E-state index contributed by atoms with van der Waals surface area (Å²) in [6, 6.07) is 0. The molecule has 0 spiro atoms. The summed E-state index contributed by atoms with van der Waals surface area (Å²) in [7, 11) is 0. The van der Waals surface area contributed by atoms with Crippen LogP contribution in [-0.2, 0) is 4.74 Å². The number of aromatic nitrogens is 1. The van der Waals surface area contributed by atoms with Crippen LogP contribution >= 0.6 is 0 Å². The lowest BCUT2D eigenvalue weighted by Crippen LogP contribution is -2.10. The van der Waals surface area contributed by atoms with Gasteiger partial charge in [-0.15, -0.1) is 0 Å². The van der Waals surface area contributed by atoms with Crippen molar-refractivity contribution in [2.75, 3.05) is 6.61 Å². The van der Waals surface area contributed by atoms with Crippen molar-refractivity contribution in [2.45, 2.75) is 20.3 Å². The zero-order valence-corrected chi connectivity index (χ0v) is 8.76. The molecule has 0 bridgehead atoms. The highest BCUT2D eigenvalue weighted by Gasteiger charge is 2.22. The summed E-state index contributed by atoms with van der Waals surface area (Å²) in [5, 5.41) is 0. The molecule has 6 heteroatoms. The van der Waals surface area contributed by atoms with Crippen molar-refractivity contribution in [3.8, 4) is 0 Å². The Kier molecular flexibility index (Phi) is 3.87. The molecule has 0 saturated carbocycles. The lowest BCUT2D eigenvalue weighted by atomic mass is 10.1. The SMILES string of the molecule is CCOC(=O)c1cnc(C(F)F)c(F)c1C. The van der Waals surface area contributed by atoms with E-state index < -0.39 is 23.9 Å². The molecule has 3 nitrogen and oxygen atoms in total. The average Bonchev–Trinajstić information content (AvgIpc) is 2.21. The third kappa shape index (κ3) is 2.32. The normalized spacial score (nSPS) is 10.6. The summed E-state index contributed by atoms with van der Waals surface area (Å²) in [6.45, 7) is 2.94. The number of alkyl halides is 2. The van der Waals surface area contributed by atoms with E-state index >= 15 is 0 Å². The van der Waals surface area contributed by atoms with Gasteiger partial charge in [0.15, 0.2) is 5.82 Å². The second-order valence-corrected chi connectivity index (χ2v) is 3.02. The second-order valence-electron chi connectivity index (χ2n) is 3.02. The highest BCUT2D eigenvalue weighted by molar-refractivity contribution is 5.90. The number of pyridine rings is 1. The molecule has 0 aliphatic rings. The lowest BCUT2D eigenvalue weighted by Gasteiger charge is -2.08. The quantitative estimate of drug-likeness (QED) is 0.753. The van der Waals surface area contributed by atoms with Crippen molar-refractivity contribution in [2.24, 2.45) is 0 Å². The van der Waals surface area contributed by atoms with E-state index in [0.29, 0.717) is 0 Å². The summed E-state index contributed by atoms with van der Waals surface area (Å²) >= 11 is 0. The third-order valence-corrected chi connectivity index (χ3v) is 1.99. The standard InChI is InChI=1S/C10H10F3NO2/c1-3-16-10(15)6-4-14-8(9(12)13)7(11)5(6)2/h4,9H,3H2,1-2H3. The molecule has 0 unspecified atom stereocenters. The zero-order chi connectivity index (χ0) is 12.3. The molecule has 0 N–H and O–H groups in total. The monoisotopic (exact) mass is 233 g/mol. The van der Waals surface area contributed by atoms with Gasteiger partial charge in [0.25, 0.3) is 6.43 Å². The smallest absolute Gasteiger partial charge is 0.340 e. The summed E-state index contributed by atoms with van der Waals surface area (Å²) in [6.07, 6.45) is -2.10. The molecule has 0 amide bonds. The van der Waals surface area contributed by atoms with E-state index in [9.17, 15) is 18.0 Å². The molecule has 1 heterocycles. The summed E-state index contributed by atoms with van der Waals surface area (Å²) in [4.78, 5) is 14.5. The maximum Gasteiger partial charge on any atom is 0.340 e. The lowest BCUT2D eigenvalue weighted by molar-refractivity contribution is 0.0523. The Morgan fingerprint density at radius 1 is 1.56 bits per heavy atom. The number of carbonyl (C=O) groups excluding carboxylic acids is 1. The predicted octanol–water partition coefficient (Wildman–Crippen LogP) is 2.64. The average molecular weight is 233 g/mol. The van der Waals surface area contributed by atoms with E-state index in [1.807, 2.05) is 0 Å². The van der Waals surface area contributed by atoms with Crippen molar-refractivity contribution in [3.63, 3.8) is 0 Å². The van der Waals surface area contributed by atoms with Crippen LogP contribution < -0.4 is 0 Å². The van der Waals surface area contributed by atoms with Crippen LogP contribution in [0.1, 0.15) is 35.0 Å². The highest BCUT2D eigenvalue weighted by Crippen LogP contribution is 2.23. The van der Waals surface area contributed by atoms with Gasteiger partial charge in [0.05, 0.1) is 12.2 Å². The highest BCUT2D eigenvalue weighted by atomic mass is 19.3. The Balaban J connectivity index is 3.16. The first-order valence-corrected chi connectivity index (χ1v) is 4.59. The molecular weight excluding hydrogens is 223 g/mol. The number of halogens is 3. The number of ether oxygens (including phenoxy) is 1. The van der Waals surface area contributed by atoms with Crippen LogP contribution in [0.4, 0.5) is 13.2 Å². The fourth-order valence-corrected chi connectivity index (χ4v) is 1.16. The molecular formula is C10H10F3NO2. The van der Waals surface area contributed by atoms with E-state index in [-0.39, 0.29) is 17.7 Å². The van der Waals surface area contributed by atoms with E-state index in [1.165, 1.54) is 6.92 Å². The van der Waals surface area contributed by atoms with Gasteiger partial charge in [0, 0.05) is 11.8 Å². The Labute approximate surface area is 90.2 Å². The number of esters is 1. The molecule has 0 aliphatic carbocycles. The molecule has 1 aromatic heterocycles. The van der Waals surface area contributed by atoms with Crippen LogP contribution in [-0.4, -0.2) is 17.6 Å². The fourth-order valence-electron chi connectivity index (χ4n) is 1.16. The summed E-state index contributed by atoms with van der Waals surface area (Å²) < 4.78 is 42.5. The van der Waals surface area contributed by atoms with Gasteiger partial charge in [0.1, 0.15) is 5.69 Å². The molecule has 1 aromatic rings. The van der Waals surface area contributed by atoms with Gasteiger partial charge in [-0.3, -0.25) is 4.98 Å². The van der Waals surface area contributed by atoms with Crippen molar-refractivity contribution in [1.82, 2.24) is 4.98 Å². The molecule has 16 heavy (non-hydrogen) atoms. The van der Waals surface area contributed by atoms with Gasteiger partial charge >= 0.3 is 5.97 Å². The van der Waals surface area contributed by atoms with Crippen molar-refractivity contribution in [1.29, 1.82) is 0 Å². The van der Waals surface area contributed by atoms with E-state index in [2.05, 4.69) is 9.72 Å². The van der Waals surface area contributed by atoms with Gasteiger partial charge in [-0.25, -0.2) is 18.0 Å².